The molecule has 2 heteroatoms. The molecule has 0 unspecified atom stereocenters. The summed E-state index contributed by atoms with van der Waals surface area (Å²) in [6, 6.07) is 11.4. The number of rotatable bonds is 6. The molecular formula is C20H34SiTe. The van der Waals surface area contributed by atoms with Crippen LogP contribution in [-0.4, -0.2) is 26.3 Å². The van der Waals surface area contributed by atoms with Gasteiger partial charge in [-0.25, -0.2) is 0 Å². The molecular weight excluding hydrogens is 396 g/mol. The quantitative estimate of drug-likeness (QED) is 0.411. The SMILES string of the molecule is CC(C)C[Te](CC#C[Si](C)(C)C)(CC(C)C)c1ccccc1. The predicted molar refractivity (Wildman–Crippen MR) is 107 cm³/mol. The molecule has 0 aliphatic rings. The van der Waals surface area contributed by atoms with E-state index in [2.05, 4.69) is 89.1 Å². The minimum atomic E-state index is -2.19. The fourth-order valence-electron chi connectivity index (χ4n) is 2.89. The first kappa shape index (κ1) is 19.8. The maximum atomic E-state index is 3.67. The fraction of sp³-hybridized carbons (Fsp3) is 0.600. The third kappa shape index (κ3) is 6.91. The number of benzene rings is 1. The summed E-state index contributed by atoms with van der Waals surface area (Å²) in [4.78, 5) is 0. The molecule has 0 spiro atoms. The average Bonchev–Trinajstić information content (AvgIpc) is 2.36. The molecule has 1 aromatic rings. The van der Waals surface area contributed by atoms with Crippen LogP contribution in [0.1, 0.15) is 27.7 Å². The molecule has 0 saturated heterocycles. The number of hydrogen-bond acceptors (Lipinski definition) is 0. The van der Waals surface area contributed by atoms with Crippen LogP contribution in [0.3, 0.4) is 0 Å². The molecule has 0 saturated carbocycles. The van der Waals surface area contributed by atoms with E-state index in [9.17, 15) is 0 Å². The van der Waals surface area contributed by atoms with Crippen LogP contribution in [0.25, 0.3) is 0 Å². The molecule has 0 atom stereocenters. The maximum absolute atomic E-state index is 3.67. The molecule has 0 amide bonds. The van der Waals surface area contributed by atoms with Crippen molar-refractivity contribution in [2.24, 2.45) is 11.8 Å². The predicted octanol–water partition coefficient (Wildman–Crippen LogP) is 5.54. The summed E-state index contributed by atoms with van der Waals surface area (Å²) in [5.74, 6) is 5.22. The first-order chi connectivity index (χ1) is 10.1. The molecule has 0 N–H and O–H groups in total. The van der Waals surface area contributed by atoms with Gasteiger partial charge in [-0.15, -0.1) is 0 Å². The van der Waals surface area contributed by atoms with E-state index in [0.29, 0.717) is 0 Å². The summed E-state index contributed by atoms with van der Waals surface area (Å²) in [7, 11) is -1.27. The van der Waals surface area contributed by atoms with Gasteiger partial charge in [0.1, 0.15) is 0 Å². The summed E-state index contributed by atoms with van der Waals surface area (Å²) in [6.45, 7) is 16.6. The van der Waals surface area contributed by atoms with Gasteiger partial charge in [0.05, 0.1) is 0 Å². The van der Waals surface area contributed by atoms with Crippen molar-refractivity contribution in [2.45, 2.75) is 60.7 Å². The van der Waals surface area contributed by atoms with Crippen molar-refractivity contribution < 1.29 is 0 Å². The Morgan fingerprint density at radius 3 is 1.82 bits per heavy atom. The summed E-state index contributed by atoms with van der Waals surface area (Å²) < 4.78 is 5.67. The van der Waals surface area contributed by atoms with Crippen molar-refractivity contribution in [3.63, 3.8) is 0 Å². The average molecular weight is 430 g/mol. The molecule has 0 aromatic heterocycles. The Balaban J connectivity index is 3.22. The van der Waals surface area contributed by atoms with Gasteiger partial charge in [0, 0.05) is 0 Å². The van der Waals surface area contributed by atoms with Gasteiger partial charge < -0.3 is 0 Å². The van der Waals surface area contributed by atoms with E-state index < -0.39 is 26.3 Å². The van der Waals surface area contributed by atoms with Crippen molar-refractivity contribution in [2.75, 3.05) is 0 Å². The van der Waals surface area contributed by atoms with Crippen molar-refractivity contribution in [3.05, 3.63) is 30.3 Å². The normalized spacial score (nSPS) is 13.1. The van der Waals surface area contributed by atoms with Crippen LogP contribution >= 0.6 is 0 Å². The molecule has 124 valence electrons. The third-order valence-electron chi connectivity index (χ3n) is 3.36. The second kappa shape index (κ2) is 8.59. The Morgan fingerprint density at radius 2 is 1.41 bits per heavy atom. The van der Waals surface area contributed by atoms with Crippen LogP contribution in [-0.2, 0) is 0 Å². The monoisotopic (exact) mass is 432 g/mol. The van der Waals surface area contributed by atoms with Gasteiger partial charge in [-0.1, -0.05) is 0 Å². The first-order valence-corrected chi connectivity index (χ1v) is 18.1. The van der Waals surface area contributed by atoms with E-state index in [1.54, 1.807) is 3.61 Å². The molecule has 0 bridgehead atoms. The number of hydrogen-bond donors (Lipinski definition) is 0. The van der Waals surface area contributed by atoms with Crippen molar-refractivity contribution in [3.8, 4) is 11.5 Å². The van der Waals surface area contributed by atoms with Crippen LogP contribution in [0.5, 0.6) is 0 Å². The molecule has 0 aliphatic heterocycles. The van der Waals surface area contributed by atoms with Gasteiger partial charge in [-0.3, -0.25) is 0 Å². The zero-order chi connectivity index (χ0) is 16.8. The molecule has 1 aromatic carbocycles. The molecule has 0 fully saturated rings. The van der Waals surface area contributed by atoms with Gasteiger partial charge in [0.2, 0.25) is 0 Å². The van der Waals surface area contributed by atoms with Gasteiger partial charge in [-0.2, -0.15) is 0 Å². The van der Waals surface area contributed by atoms with E-state index in [4.69, 9.17) is 0 Å². The summed E-state index contributed by atoms with van der Waals surface area (Å²) in [5, 5.41) is 0. The Morgan fingerprint density at radius 1 is 0.909 bits per heavy atom. The van der Waals surface area contributed by atoms with E-state index in [0.717, 1.165) is 11.8 Å². The van der Waals surface area contributed by atoms with E-state index in [-0.39, 0.29) is 0 Å². The molecule has 0 heterocycles. The van der Waals surface area contributed by atoms with Crippen LogP contribution in [0.2, 0.25) is 33.0 Å². The molecule has 0 nitrogen and oxygen atoms in total. The summed E-state index contributed by atoms with van der Waals surface area (Å²) in [5.41, 5.74) is 3.63. The Labute approximate surface area is 143 Å². The topological polar surface area (TPSA) is 0 Å². The van der Waals surface area contributed by atoms with E-state index >= 15 is 0 Å². The Hall–Kier alpha value is -0.214. The van der Waals surface area contributed by atoms with Crippen molar-refractivity contribution >= 4 is 29.9 Å². The third-order valence-corrected chi connectivity index (χ3v) is 17.4. The van der Waals surface area contributed by atoms with Crippen molar-refractivity contribution in [1.29, 1.82) is 0 Å². The Kier molecular flexibility index (Phi) is 7.74. The van der Waals surface area contributed by atoms with Gasteiger partial charge >= 0.3 is 144 Å². The molecule has 0 aliphatic carbocycles. The zero-order valence-electron chi connectivity index (χ0n) is 15.6. The van der Waals surface area contributed by atoms with E-state index in [1.165, 1.54) is 13.4 Å². The molecule has 1 rings (SSSR count). The second-order valence-electron chi connectivity index (χ2n) is 8.18. The summed E-state index contributed by atoms with van der Waals surface area (Å²) >= 11 is -2.19. The van der Waals surface area contributed by atoms with Crippen molar-refractivity contribution in [1.82, 2.24) is 0 Å². The van der Waals surface area contributed by atoms with Gasteiger partial charge in [0.25, 0.3) is 0 Å². The Bertz CT molecular complexity index is 490. The molecule has 0 radical (unpaired) electrons. The van der Waals surface area contributed by atoms with Crippen LogP contribution in [0, 0.1) is 23.3 Å². The fourth-order valence-corrected chi connectivity index (χ4v) is 16.9. The van der Waals surface area contributed by atoms with Crippen LogP contribution < -0.4 is 3.61 Å². The van der Waals surface area contributed by atoms with E-state index in [1.807, 2.05) is 0 Å². The molecule has 22 heavy (non-hydrogen) atoms. The standard InChI is InChI=1S/C20H34SiTe/c1-18(2)16-22(17-19(3)4,15-11-14-21(5,6)7)20-12-9-8-10-13-20/h8-10,12-13,18-19H,15-17H2,1-7H3. The van der Waals surface area contributed by atoms with Gasteiger partial charge in [-0.05, 0) is 0 Å². The minimum absolute atomic E-state index is 0.772. The van der Waals surface area contributed by atoms with Gasteiger partial charge in [0.15, 0.2) is 0 Å². The van der Waals surface area contributed by atoms with Crippen LogP contribution in [0.4, 0.5) is 0 Å². The van der Waals surface area contributed by atoms with Crippen LogP contribution in [0.15, 0.2) is 30.3 Å². The summed E-state index contributed by atoms with van der Waals surface area (Å²) in [6.07, 6.45) is 0. The zero-order valence-corrected chi connectivity index (χ0v) is 18.9. The second-order valence-corrected chi connectivity index (χ2v) is 23.0. The first-order valence-electron chi connectivity index (χ1n) is 8.46.